The number of hydrogen-bond acceptors (Lipinski definition) is 8. The zero-order chi connectivity index (χ0) is 28.2. The lowest BCUT2D eigenvalue weighted by Crippen LogP contribution is -2.12. The molecule has 0 radical (unpaired) electrons. The molecule has 0 aliphatic rings. The Bertz CT molecular complexity index is 1500. The third-order valence-corrected chi connectivity index (χ3v) is 9.41. The van der Waals surface area contributed by atoms with E-state index in [1.807, 2.05) is 13.8 Å². The van der Waals surface area contributed by atoms with Gasteiger partial charge in [0.2, 0.25) is 5.13 Å². The van der Waals surface area contributed by atoms with Crippen LogP contribution in [0.15, 0.2) is 53.4 Å². The number of halogens is 3. The van der Waals surface area contributed by atoms with Gasteiger partial charge < -0.3 is 4.74 Å². The second-order valence-corrected chi connectivity index (χ2v) is 12.8. The van der Waals surface area contributed by atoms with Crippen LogP contribution in [-0.2, 0) is 29.2 Å². The summed E-state index contributed by atoms with van der Waals surface area (Å²) >= 11 is 2.56. The molecule has 0 unspecified atom stereocenters. The molecule has 13 heteroatoms. The molecule has 1 N–H and O–H groups in total. The molecule has 2 aromatic carbocycles. The van der Waals surface area contributed by atoms with Crippen LogP contribution in [0.5, 0.6) is 5.75 Å². The molecule has 39 heavy (non-hydrogen) atoms. The van der Waals surface area contributed by atoms with Crippen LogP contribution in [0, 0.1) is 0 Å². The fourth-order valence-corrected chi connectivity index (χ4v) is 6.51. The highest BCUT2D eigenvalue weighted by Crippen LogP contribution is 2.34. The number of aryl methyl sites for hydroxylation is 1. The van der Waals surface area contributed by atoms with Gasteiger partial charge in [-0.25, -0.2) is 13.4 Å². The number of thiazole rings is 1. The van der Waals surface area contributed by atoms with Crippen molar-refractivity contribution in [2.45, 2.75) is 63.6 Å². The second-order valence-electron chi connectivity index (χ2n) is 9.03. The number of benzene rings is 2. The standard InChI is InChI=1S/C26H27F3N4O3S3/c1-4-5-6-21-22(37-24(30-21)17-7-9-18(10-8-17)26(27,28)29)15-36-19-11-13-20(14-12-19)39(34,35)33-25-32-31-23(38-25)16(2)3/h7-14,16H,4-6,15H2,1-3H3,(H,32,33). The molecule has 0 amide bonds. The van der Waals surface area contributed by atoms with E-state index in [-0.39, 0.29) is 22.6 Å². The van der Waals surface area contributed by atoms with E-state index >= 15 is 0 Å². The Labute approximate surface area is 233 Å². The van der Waals surface area contributed by atoms with Crippen LogP contribution in [0.25, 0.3) is 10.6 Å². The molecule has 2 heterocycles. The molecule has 0 saturated carbocycles. The third kappa shape index (κ3) is 7.34. The maximum Gasteiger partial charge on any atom is 0.416 e. The van der Waals surface area contributed by atoms with Crippen LogP contribution >= 0.6 is 22.7 Å². The molecule has 0 spiro atoms. The van der Waals surface area contributed by atoms with Crippen molar-refractivity contribution in [3.05, 3.63) is 69.7 Å². The Kier molecular flexibility index (Phi) is 8.92. The van der Waals surface area contributed by atoms with Crippen molar-refractivity contribution >= 4 is 37.8 Å². The molecule has 0 atom stereocenters. The highest BCUT2D eigenvalue weighted by atomic mass is 32.2. The van der Waals surface area contributed by atoms with E-state index in [1.165, 1.54) is 46.9 Å². The molecule has 0 bridgehead atoms. The fourth-order valence-electron chi connectivity index (χ4n) is 3.51. The monoisotopic (exact) mass is 596 g/mol. The van der Waals surface area contributed by atoms with Gasteiger partial charge in [-0.1, -0.05) is 50.7 Å². The summed E-state index contributed by atoms with van der Waals surface area (Å²) in [7, 11) is -3.84. The zero-order valence-corrected chi connectivity index (χ0v) is 23.9. The smallest absolute Gasteiger partial charge is 0.416 e. The number of rotatable bonds is 11. The number of ether oxygens (including phenoxy) is 1. The van der Waals surface area contributed by atoms with Gasteiger partial charge in [0.1, 0.15) is 22.4 Å². The Morgan fingerprint density at radius 2 is 1.69 bits per heavy atom. The molecule has 0 fully saturated rings. The van der Waals surface area contributed by atoms with Crippen molar-refractivity contribution in [1.82, 2.24) is 15.2 Å². The fraction of sp³-hybridized carbons (Fsp3) is 0.346. The highest BCUT2D eigenvalue weighted by Gasteiger charge is 2.30. The van der Waals surface area contributed by atoms with E-state index in [4.69, 9.17) is 4.74 Å². The Morgan fingerprint density at radius 3 is 2.28 bits per heavy atom. The number of unbranched alkanes of at least 4 members (excludes halogenated alkanes) is 1. The minimum atomic E-state index is -4.40. The van der Waals surface area contributed by atoms with Crippen molar-refractivity contribution in [3.8, 4) is 16.3 Å². The van der Waals surface area contributed by atoms with Crippen LogP contribution in [0.1, 0.15) is 60.7 Å². The van der Waals surface area contributed by atoms with Gasteiger partial charge in [-0.15, -0.1) is 21.5 Å². The number of anilines is 1. The van der Waals surface area contributed by atoms with Gasteiger partial charge in [-0.2, -0.15) is 13.2 Å². The largest absolute Gasteiger partial charge is 0.488 e. The summed E-state index contributed by atoms with van der Waals surface area (Å²) in [6.07, 6.45) is -1.80. The molecule has 208 valence electrons. The Morgan fingerprint density at radius 1 is 1.00 bits per heavy atom. The minimum Gasteiger partial charge on any atom is -0.488 e. The maximum absolute atomic E-state index is 12.9. The van der Waals surface area contributed by atoms with Gasteiger partial charge in [0.25, 0.3) is 10.0 Å². The molecule has 4 rings (SSSR count). The van der Waals surface area contributed by atoms with Gasteiger partial charge in [0.05, 0.1) is 21.0 Å². The van der Waals surface area contributed by atoms with E-state index < -0.39 is 21.8 Å². The first-order chi connectivity index (χ1) is 18.5. The molecule has 0 aliphatic heterocycles. The van der Waals surface area contributed by atoms with Gasteiger partial charge in [0, 0.05) is 11.5 Å². The molecule has 2 aromatic heterocycles. The van der Waals surface area contributed by atoms with Gasteiger partial charge >= 0.3 is 6.18 Å². The third-order valence-electron chi connectivity index (χ3n) is 5.66. The molecule has 7 nitrogen and oxygen atoms in total. The van der Waals surface area contributed by atoms with Crippen molar-refractivity contribution in [2.24, 2.45) is 0 Å². The SMILES string of the molecule is CCCCc1nc(-c2ccc(C(F)(F)F)cc2)sc1COc1ccc(S(=O)(=O)Nc2nnc(C(C)C)s2)cc1. The topological polar surface area (TPSA) is 94.1 Å². The quantitative estimate of drug-likeness (QED) is 0.192. The van der Waals surface area contributed by atoms with Crippen LogP contribution in [0.3, 0.4) is 0 Å². The zero-order valence-electron chi connectivity index (χ0n) is 21.4. The van der Waals surface area contributed by atoms with E-state index in [2.05, 4.69) is 26.8 Å². The molecule has 0 saturated heterocycles. The number of nitrogens with one attached hydrogen (secondary N) is 1. The summed E-state index contributed by atoms with van der Waals surface area (Å²) in [6, 6.07) is 11.0. The second kappa shape index (κ2) is 12.0. The number of sulfonamides is 1. The van der Waals surface area contributed by atoms with Gasteiger partial charge in [-0.3, -0.25) is 4.72 Å². The molecular formula is C26H27F3N4O3S3. The molecular weight excluding hydrogens is 570 g/mol. The van der Waals surface area contributed by atoms with Crippen molar-refractivity contribution < 1.29 is 26.3 Å². The minimum absolute atomic E-state index is 0.0576. The summed E-state index contributed by atoms with van der Waals surface area (Å²) in [6.45, 7) is 6.17. The van der Waals surface area contributed by atoms with Crippen LogP contribution < -0.4 is 9.46 Å². The lowest BCUT2D eigenvalue weighted by Gasteiger charge is -2.08. The van der Waals surface area contributed by atoms with E-state index in [0.29, 0.717) is 16.3 Å². The molecule has 0 aliphatic carbocycles. The van der Waals surface area contributed by atoms with Crippen LogP contribution in [-0.4, -0.2) is 23.6 Å². The molecule has 4 aromatic rings. The lowest BCUT2D eigenvalue weighted by molar-refractivity contribution is -0.137. The maximum atomic E-state index is 12.9. The lowest BCUT2D eigenvalue weighted by atomic mass is 10.1. The average Bonchev–Trinajstić information content (AvgIpc) is 3.53. The Hall–Kier alpha value is -3.03. The van der Waals surface area contributed by atoms with Crippen molar-refractivity contribution in [3.63, 3.8) is 0 Å². The summed E-state index contributed by atoms with van der Waals surface area (Å²) in [5, 5.41) is 9.45. The van der Waals surface area contributed by atoms with Gasteiger partial charge in [-0.05, 0) is 49.2 Å². The summed E-state index contributed by atoms with van der Waals surface area (Å²) in [5.41, 5.74) is 0.745. The first kappa shape index (κ1) is 29.0. The van der Waals surface area contributed by atoms with Crippen LogP contribution in [0.4, 0.5) is 18.3 Å². The highest BCUT2D eigenvalue weighted by molar-refractivity contribution is 7.93. The predicted molar refractivity (Wildman–Crippen MR) is 147 cm³/mol. The first-order valence-corrected chi connectivity index (χ1v) is 15.3. The summed E-state index contributed by atoms with van der Waals surface area (Å²) < 4.78 is 72.7. The number of hydrogen-bond donors (Lipinski definition) is 1. The van der Waals surface area contributed by atoms with Crippen LogP contribution in [0.2, 0.25) is 0 Å². The summed E-state index contributed by atoms with van der Waals surface area (Å²) in [4.78, 5) is 5.61. The Balaban J connectivity index is 1.46. The van der Waals surface area contributed by atoms with E-state index in [1.54, 1.807) is 12.1 Å². The number of nitrogens with zero attached hydrogens (tertiary/aromatic N) is 3. The summed E-state index contributed by atoms with van der Waals surface area (Å²) in [5.74, 6) is 0.613. The van der Waals surface area contributed by atoms with Crippen molar-refractivity contribution in [2.75, 3.05) is 4.72 Å². The predicted octanol–water partition coefficient (Wildman–Crippen LogP) is 7.53. The average molecular weight is 597 g/mol. The number of alkyl halides is 3. The first-order valence-electron chi connectivity index (χ1n) is 12.2. The van der Waals surface area contributed by atoms with E-state index in [9.17, 15) is 21.6 Å². The normalized spacial score (nSPS) is 12.2. The van der Waals surface area contributed by atoms with Gasteiger partial charge in [0.15, 0.2) is 0 Å². The van der Waals surface area contributed by atoms with E-state index in [0.717, 1.165) is 47.0 Å². The van der Waals surface area contributed by atoms with Crippen molar-refractivity contribution in [1.29, 1.82) is 0 Å². The number of aromatic nitrogens is 3.